The van der Waals surface area contributed by atoms with Crippen molar-refractivity contribution >= 4 is 27.5 Å². The Labute approximate surface area is 105 Å². The van der Waals surface area contributed by atoms with Gasteiger partial charge in [0.25, 0.3) is 0 Å². The zero-order valence-electron chi connectivity index (χ0n) is 9.64. The predicted octanol–water partition coefficient (Wildman–Crippen LogP) is 2.70. The summed E-state index contributed by atoms with van der Waals surface area (Å²) in [5, 5.41) is 5.93. The third-order valence-corrected chi connectivity index (χ3v) is 2.79. The van der Waals surface area contributed by atoms with Crippen LogP contribution < -0.4 is 10.6 Å². The highest BCUT2D eigenvalue weighted by atomic mass is 79.9. The summed E-state index contributed by atoms with van der Waals surface area (Å²) < 4.78 is 1.03. The molecule has 0 aromatic heterocycles. The van der Waals surface area contributed by atoms with Crippen molar-refractivity contribution in [2.24, 2.45) is 0 Å². The van der Waals surface area contributed by atoms with Gasteiger partial charge < -0.3 is 10.6 Å². The molecule has 0 heterocycles. The Morgan fingerprint density at radius 3 is 2.81 bits per heavy atom. The van der Waals surface area contributed by atoms with Gasteiger partial charge in [-0.1, -0.05) is 15.9 Å². The van der Waals surface area contributed by atoms with E-state index < -0.39 is 0 Å². The van der Waals surface area contributed by atoms with Gasteiger partial charge in [-0.05, 0) is 50.7 Å². The van der Waals surface area contributed by atoms with Crippen LogP contribution in [0.1, 0.15) is 18.4 Å². The minimum Gasteiger partial charge on any atom is -0.326 e. The molecule has 1 amide bonds. The largest absolute Gasteiger partial charge is 0.326 e. The highest BCUT2D eigenvalue weighted by molar-refractivity contribution is 9.10. The lowest BCUT2D eigenvalue weighted by Gasteiger charge is -2.08. The number of hydrogen-bond acceptors (Lipinski definition) is 2. The van der Waals surface area contributed by atoms with Crippen molar-refractivity contribution in [3.63, 3.8) is 0 Å². The second-order valence-corrected chi connectivity index (χ2v) is 4.63. The second kappa shape index (κ2) is 6.66. The monoisotopic (exact) mass is 284 g/mol. The van der Waals surface area contributed by atoms with E-state index in [1.807, 2.05) is 32.2 Å². The Kier molecular flexibility index (Phi) is 5.49. The van der Waals surface area contributed by atoms with Gasteiger partial charge in [-0.25, -0.2) is 0 Å². The van der Waals surface area contributed by atoms with Crippen molar-refractivity contribution in [3.8, 4) is 0 Å². The maximum atomic E-state index is 11.6. The number of anilines is 1. The zero-order valence-corrected chi connectivity index (χ0v) is 11.2. The average molecular weight is 285 g/mol. The molecular formula is C12H17BrN2O. The van der Waals surface area contributed by atoms with E-state index in [1.165, 1.54) is 0 Å². The highest BCUT2D eigenvalue weighted by Gasteiger charge is 2.04. The second-order valence-electron chi connectivity index (χ2n) is 3.71. The minimum atomic E-state index is 0.0701. The topological polar surface area (TPSA) is 41.1 Å². The third-order valence-electron chi connectivity index (χ3n) is 2.29. The molecule has 0 saturated heterocycles. The summed E-state index contributed by atoms with van der Waals surface area (Å²) in [7, 11) is 1.89. The van der Waals surface area contributed by atoms with E-state index in [0.29, 0.717) is 6.42 Å². The number of carbonyl (C=O) groups excluding carboxylic acids is 1. The zero-order chi connectivity index (χ0) is 12.0. The van der Waals surface area contributed by atoms with Crippen molar-refractivity contribution in [2.75, 3.05) is 18.9 Å². The van der Waals surface area contributed by atoms with E-state index in [4.69, 9.17) is 0 Å². The molecule has 1 rings (SSSR count). The molecule has 0 fully saturated rings. The van der Waals surface area contributed by atoms with Crippen molar-refractivity contribution in [2.45, 2.75) is 19.8 Å². The Balaban J connectivity index is 2.49. The van der Waals surface area contributed by atoms with Crippen molar-refractivity contribution < 1.29 is 4.79 Å². The fraction of sp³-hybridized carbons (Fsp3) is 0.417. The Bertz CT molecular complexity index is 366. The van der Waals surface area contributed by atoms with Crippen LogP contribution in [0.5, 0.6) is 0 Å². The molecule has 0 radical (unpaired) electrons. The minimum absolute atomic E-state index is 0.0701. The van der Waals surface area contributed by atoms with Crippen LogP contribution in [0.2, 0.25) is 0 Å². The van der Waals surface area contributed by atoms with Gasteiger partial charge >= 0.3 is 0 Å². The standard InChI is InChI=1S/C12H17BrN2O/c1-9-8-10(13)5-6-11(9)15-12(16)4-3-7-14-2/h5-6,8,14H,3-4,7H2,1-2H3,(H,15,16). The Morgan fingerprint density at radius 1 is 1.44 bits per heavy atom. The maximum Gasteiger partial charge on any atom is 0.224 e. The molecule has 3 nitrogen and oxygen atoms in total. The van der Waals surface area contributed by atoms with Crippen LogP contribution in [0, 0.1) is 6.92 Å². The predicted molar refractivity (Wildman–Crippen MR) is 70.7 cm³/mol. The van der Waals surface area contributed by atoms with E-state index in [0.717, 1.165) is 28.7 Å². The molecule has 0 aliphatic rings. The highest BCUT2D eigenvalue weighted by Crippen LogP contribution is 2.20. The molecule has 0 saturated carbocycles. The van der Waals surface area contributed by atoms with Gasteiger partial charge in [0, 0.05) is 16.6 Å². The molecule has 0 bridgehead atoms. The van der Waals surface area contributed by atoms with Gasteiger partial charge in [0.2, 0.25) is 5.91 Å². The molecular weight excluding hydrogens is 268 g/mol. The molecule has 88 valence electrons. The third kappa shape index (κ3) is 4.33. The fourth-order valence-corrected chi connectivity index (χ4v) is 1.88. The lowest BCUT2D eigenvalue weighted by Crippen LogP contribution is -2.15. The smallest absolute Gasteiger partial charge is 0.224 e. The average Bonchev–Trinajstić information content (AvgIpc) is 2.23. The van der Waals surface area contributed by atoms with Crippen LogP contribution >= 0.6 is 15.9 Å². The lowest BCUT2D eigenvalue weighted by molar-refractivity contribution is -0.116. The molecule has 0 aliphatic carbocycles. The Hall–Kier alpha value is -0.870. The number of carbonyl (C=O) groups is 1. The molecule has 0 unspecified atom stereocenters. The van der Waals surface area contributed by atoms with E-state index in [9.17, 15) is 4.79 Å². The normalized spacial score (nSPS) is 10.2. The van der Waals surface area contributed by atoms with Crippen molar-refractivity contribution in [3.05, 3.63) is 28.2 Å². The SMILES string of the molecule is CNCCCC(=O)Nc1ccc(Br)cc1C. The van der Waals surface area contributed by atoms with Gasteiger partial charge in [-0.15, -0.1) is 0 Å². The van der Waals surface area contributed by atoms with Gasteiger partial charge in [0.15, 0.2) is 0 Å². The summed E-state index contributed by atoms with van der Waals surface area (Å²) in [6.07, 6.45) is 1.41. The molecule has 16 heavy (non-hydrogen) atoms. The number of aryl methyl sites for hydroxylation is 1. The van der Waals surface area contributed by atoms with Crippen molar-refractivity contribution in [1.82, 2.24) is 5.32 Å². The van der Waals surface area contributed by atoms with Crippen LogP contribution in [0.15, 0.2) is 22.7 Å². The summed E-state index contributed by atoms with van der Waals surface area (Å²) >= 11 is 3.39. The van der Waals surface area contributed by atoms with E-state index in [-0.39, 0.29) is 5.91 Å². The van der Waals surface area contributed by atoms with E-state index in [1.54, 1.807) is 0 Å². The number of halogens is 1. The summed E-state index contributed by atoms with van der Waals surface area (Å²) in [4.78, 5) is 11.6. The number of amides is 1. The first-order chi connectivity index (χ1) is 7.63. The van der Waals surface area contributed by atoms with Gasteiger partial charge in [-0.2, -0.15) is 0 Å². The van der Waals surface area contributed by atoms with Crippen molar-refractivity contribution in [1.29, 1.82) is 0 Å². The molecule has 4 heteroatoms. The molecule has 0 spiro atoms. The summed E-state index contributed by atoms with van der Waals surface area (Å²) in [6.45, 7) is 2.85. The number of rotatable bonds is 5. The summed E-state index contributed by atoms with van der Waals surface area (Å²) in [5.41, 5.74) is 1.95. The first kappa shape index (κ1) is 13.2. The number of benzene rings is 1. The number of hydrogen-bond donors (Lipinski definition) is 2. The molecule has 0 aliphatic heterocycles. The van der Waals surface area contributed by atoms with Crippen LogP contribution in [-0.4, -0.2) is 19.5 Å². The molecule has 2 N–H and O–H groups in total. The van der Waals surface area contributed by atoms with E-state index in [2.05, 4.69) is 26.6 Å². The first-order valence-corrected chi connectivity index (χ1v) is 6.13. The quantitative estimate of drug-likeness (QED) is 0.817. The van der Waals surface area contributed by atoms with Crippen LogP contribution in [0.25, 0.3) is 0 Å². The molecule has 0 atom stereocenters. The van der Waals surface area contributed by atoms with Gasteiger partial charge in [-0.3, -0.25) is 4.79 Å². The molecule has 1 aromatic carbocycles. The lowest BCUT2D eigenvalue weighted by atomic mass is 10.2. The van der Waals surface area contributed by atoms with Gasteiger partial charge in [0.1, 0.15) is 0 Å². The summed E-state index contributed by atoms with van der Waals surface area (Å²) in [5.74, 6) is 0.0701. The maximum absolute atomic E-state index is 11.6. The fourth-order valence-electron chi connectivity index (χ4n) is 1.41. The van der Waals surface area contributed by atoms with E-state index >= 15 is 0 Å². The first-order valence-electron chi connectivity index (χ1n) is 5.34. The van der Waals surface area contributed by atoms with Crippen LogP contribution in [0.4, 0.5) is 5.69 Å². The van der Waals surface area contributed by atoms with Crippen LogP contribution in [-0.2, 0) is 4.79 Å². The van der Waals surface area contributed by atoms with Gasteiger partial charge in [0.05, 0.1) is 0 Å². The summed E-state index contributed by atoms with van der Waals surface area (Å²) in [6, 6.07) is 5.83. The Morgan fingerprint density at radius 2 is 2.19 bits per heavy atom. The number of nitrogens with one attached hydrogen (secondary N) is 2. The molecule has 1 aromatic rings. The van der Waals surface area contributed by atoms with Crippen LogP contribution in [0.3, 0.4) is 0 Å².